The minimum Gasteiger partial charge on any atom is -0.338 e. The Bertz CT molecular complexity index is 424. The maximum Gasteiger partial charge on any atom is 0.257 e. The lowest BCUT2D eigenvalue weighted by Gasteiger charge is -2.17. The molecule has 1 saturated heterocycles. The number of aryl methyl sites for hydroxylation is 2. The fourth-order valence-electron chi connectivity index (χ4n) is 2.38. The van der Waals surface area contributed by atoms with Crippen molar-refractivity contribution in [3.05, 3.63) is 17.5 Å². The van der Waals surface area contributed by atoms with Gasteiger partial charge in [0.05, 0.1) is 11.3 Å². The molecule has 1 amide bonds. The molecular weight excluding hydrogens is 216 g/mol. The molecule has 2 heterocycles. The fraction of sp³-hybridized carbons (Fsp3) is 0.667. The minimum atomic E-state index is 0.0822. The van der Waals surface area contributed by atoms with E-state index in [0.717, 1.165) is 25.2 Å². The largest absolute Gasteiger partial charge is 0.338 e. The van der Waals surface area contributed by atoms with Gasteiger partial charge >= 0.3 is 0 Å². The molecule has 5 nitrogen and oxygen atoms in total. The Morgan fingerprint density at radius 2 is 2.35 bits per heavy atom. The van der Waals surface area contributed by atoms with Crippen molar-refractivity contribution in [2.45, 2.75) is 26.3 Å². The van der Waals surface area contributed by atoms with Crippen LogP contribution >= 0.6 is 0 Å². The van der Waals surface area contributed by atoms with E-state index in [4.69, 9.17) is 5.73 Å². The average molecular weight is 236 g/mol. The van der Waals surface area contributed by atoms with E-state index in [-0.39, 0.29) is 11.9 Å². The monoisotopic (exact) mass is 236 g/mol. The molecule has 1 aliphatic rings. The number of carbonyl (C=O) groups excluding carboxylic acids is 1. The van der Waals surface area contributed by atoms with Crippen LogP contribution < -0.4 is 5.73 Å². The first-order chi connectivity index (χ1) is 7.99. The zero-order valence-corrected chi connectivity index (χ0v) is 10.7. The molecule has 1 fully saturated rings. The van der Waals surface area contributed by atoms with E-state index >= 15 is 0 Å². The third-order valence-electron chi connectivity index (χ3n) is 3.50. The van der Waals surface area contributed by atoms with E-state index in [1.807, 2.05) is 25.8 Å². The summed E-state index contributed by atoms with van der Waals surface area (Å²) in [4.78, 5) is 14.2. The van der Waals surface area contributed by atoms with E-state index in [2.05, 4.69) is 5.10 Å². The summed E-state index contributed by atoms with van der Waals surface area (Å²) < 4.78 is 1.68. The molecule has 2 unspecified atom stereocenters. The second-order valence-corrected chi connectivity index (χ2v) is 4.96. The molecule has 0 saturated carbocycles. The molecule has 0 bridgehead atoms. The molecular formula is C12H20N4O. The van der Waals surface area contributed by atoms with Crippen LogP contribution in [0.25, 0.3) is 0 Å². The summed E-state index contributed by atoms with van der Waals surface area (Å²) in [6, 6.07) is 0.155. The number of carbonyl (C=O) groups is 1. The summed E-state index contributed by atoms with van der Waals surface area (Å²) in [5.74, 6) is 0.509. The van der Waals surface area contributed by atoms with Gasteiger partial charge in [-0.25, -0.2) is 0 Å². The smallest absolute Gasteiger partial charge is 0.257 e. The standard InChI is InChI=1S/C12H20N4O/c1-8(13)10-4-5-16(6-10)12(17)11-7-15(3)14-9(11)2/h7-8,10H,4-6,13H2,1-3H3. The van der Waals surface area contributed by atoms with Crippen molar-refractivity contribution in [1.82, 2.24) is 14.7 Å². The number of nitrogens with two attached hydrogens (primary N) is 1. The molecule has 0 aliphatic carbocycles. The Labute approximate surface area is 102 Å². The van der Waals surface area contributed by atoms with Crippen molar-refractivity contribution < 1.29 is 4.79 Å². The maximum atomic E-state index is 12.3. The van der Waals surface area contributed by atoms with Crippen LogP contribution in [0.4, 0.5) is 0 Å². The number of hydrogen-bond donors (Lipinski definition) is 1. The zero-order valence-electron chi connectivity index (χ0n) is 10.7. The van der Waals surface area contributed by atoms with Gasteiger partial charge in [-0.3, -0.25) is 9.48 Å². The van der Waals surface area contributed by atoms with Gasteiger partial charge in [0, 0.05) is 32.4 Å². The average Bonchev–Trinajstić information content (AvgIpc) is 2.84. The quantitative estimate of drug-likeness (QED) is 0.815. The number of amides is 1. The van der Waals surface area contributed by atoms with Gasteiger partial charge in [-0.1, -0.05) is 0 Å². The first kappa shape index (κ1) is 12.1. The summed E-state index contributed by atoms with van der Waals surface area (Å²) in [7, 11) is 1.83. The number of aromatic nitrogens is 2. The molecule has 2 rings (SSSR count). The number of likely N-dealkylation sites (tertiary alicyclic amines) is 1. The van der Waals surface area contributed by atoms with E-state index in [9.17, 15) is 4.79 Å². The van der Waals surface area contributed by atoms with E-state index in [1.165, 1.54) is 0 Å². The van der Waals surface area contributed by atoms with Gasteiger partial charge < -0.3 is 10.6 Å². The molecule has 1 aromatic heterocycles. The number of nitrogens with zero attached hydrogens (tertiary/aromatic N) is 3. The van der Waals surface area contributed by atoms with Crippen LogP contribution in [0.3, 0.4) is 0 Å². The Hall–Kier alpha value is -1.36. The summed E-state index contributed by atoms with van der Waals surface area (Å²) in [5.41, 5.74) is 7.38. The van der Waals surface area contributed by atoms with Gasteiger partial charge in [-0.2, -0.15) is 5.10 Å². The van der Waals surface area contributed by atoms with Crippen molar-refractivity contribution in [1.29, 1.82) is 0 Å². The highest BCUT2D eigenvalue weighted by Gasteiger charge is 2.30. The first-order valence-electron chi connectivity index (χ1n) is 6.04. The number of hydrogen-bond acceptors (Lipinski definition) is 3. The van der Waals surface area contributed by atoms with Gasteiger partial charge in [0.1, 0.15) is 0 Å². The highest BCUT2D eigenvalue weighted by atomic mass is 16.2. The topological polar surface area (TPSA) is 64.2 Å². The van der Waals surface area contributed by atoms with E-state index < -0.39 is 0 Å². The van der Waals surface area contributed by atoms with Gasteiger partial charge in [-0.05, 0) is 26.2 Å². The maximum absolute atomic E-state index is 12.3. The van der Waals surface area contributed by atoms with Crippen LogP contribution in [-0.2, 0) is 7.05 Å². The van der Waals surface area contributed by atoms with Crippen LogP contribution in [0.2, 0.25) is 0 Å². The lowest BCUT2D eigenvalue weighted by molar-refractivity contribution is 0.0785. The highest BCUT2D eigenvalue weighted by Crippen LogP contribution is 2.21. The summed E-state index contributed by atoms with van der Waals surface area (Å²) in [6.07, 6.45) is 2.79. The van der Waals surface area contributed by atoms with Crippen LogP contribution in [0.1, 0.15) is 29.4 Å². The van der Waals surface area contributed by atoms with Gasteiger partial charge in [-0.15, -0.1) is 0 Å². The normalized spacial score (nSPS) is 21.9. The predicted molar refractivity (Wildman–Crippen MR) is 65.6 cm³/mol. The first-order valence-corrected chi connectivity index (χ1v) is 6.04. The summed E-state index contributed by atoms with van der Waals surface area (Å²) >= 11 is 0. The van der Waals surface area contributed by atoms with E-state index in [1.54, 1.807) is 10.9 Å². The molecule has 2 atom stereocenters. The Balaban J connectivity index is 2.09. The molecule has 94 valence electrons. The molecule has 0 aromatic carbocycles. The fourth-order valence-corrected chi connectivity index (χ4v) is 2.38. The lowest BCUT2D eigenvalue weighted by atomic mass is 10.0. The second kappa shape index (κ2) is 4.49. The van der Waals surface area contributed by atoms with Crippen molar-refractivity contribution >= 4 is 5.91 Å². The SMILES string of the molecule is Cc1nn(C)cc1C(=O)N1CCC(C(C)N)C1. The van der Waals surface area contributed by atoms with Gasteiger partial charge in [0.15, 0.2) is 0 Å². The molecule has 0 spiro atoms. The Morgan fingerprint density at radius 1 is 1.65 bits per heavy atom. The van der Waals surface area contributed by atoms with Gasteiger partial charge in [0.2, 0.25) is 0 Å². The highest BCUT2D eigenvalue weighted by molar-refractivity contribution is 5.95. The molecule has 0 radical (unpaired) electrons. The Morgan fingerprint density at radius 3 is 2.82 bits per heavy atom. The van der Waals surface area contributed by atoms with Crippen molar-refractivity contribution in [2.24, 2.45) is 18.7 Å². The minimum absolute atomic E-state index is 0.0822. The second-order valence-electron chi connectivity index (χ2n) is 4.96. The lowest BCUT2D eigenvalue weighted by Crippen LogP contribution is -2.33. The molecule has 17 heavy (non-hydrogen) atoms. The summed E-state index contributed by atoms with van der Waals surface area (Å²) in [6.45, 7) is 5.45. The van der Waals surface area contributed by atoms with Crippen molar-refractivity contribution in [3.8, 4) is 0 Å². The van der Waals surface area contributed by atoms with Crippen LogP contribution in [0.5, 0.6) is 0 Å². The van der Waals surface area contributed by atoms with Crippen LogP contribution in [0, 0.1) is 12.8 Å². The molecule has 1 aromatic rings. The summed E-state index contributed by atoms with van der Waals surface area (Å²) in [5, 5.41) is 4.20. The molecule has 2 N–H and O–H groups in total. The van der Waals surface area contributed by atoms with Crippen LogP contribution in [-0.4, -0.2) is 39.7 Å². The molecule has 5 heteroatoms. The van der Waals surface area contributed by atoms with Crippen molar-refractivity contribution in [3.63, 3.8) is 0 Å². The number of rotatable bonds is 2. The van der Waals surface area contributed by atoms with Crippen molar-refractivity contribution in [2.75, 3.05) is 13.1 Å². The van der Waals surface area contributed by atoms with Crippen LogP contribution in [0.15, 0.2) is 6.20 Å². The molecule has 1 aliphatic heterocycles. The zero-order chi connectivity index (χ0) is 12.6. The third kappa shape index (κ3) is 2.34. The third-order valence-corrected chi connectivity index (χ3v) is 3.50. The van der Waals surface area contributed by atoms with E-state index in [0.29, 0.717) is 11.5 Å². The Kier molecular flexibility index (Phi) is 3.19. The van der Waals surface area contributed by atoms with Gasteiger partial charge in [0.25, 0.3) is 5.91 Å². The predicted octanol–water partition coefficient (Wildman–Crippen LogP) is 0.538.